The summed E-state index contributed by atoms with van der Waals surface area (Å²) >= 11 is 0. The minimum Gasteiger partial charge on any atom is -0.467 e. The molecule has 0 radical (unpaired) electrons. The quantitative estimate of drug-likeness (QED) is 0.729. The largest absolute Gasteiger partial charge is 0.467 e. The van der Waals surface area contributed by atoms with Gasteiger partial charge in [-0.25, -0.2) is 0 Å². The van der Waals surface area contributed by atoms with Crippen molar-refractivity contribution < 1.29 is 9.84 Å². The van der Waals surface area contributed by atoms with E-state index in [1.807, 2.05) is 11.8 Å². The molecule has 0 aliphatic carbocycles. The Morgan fingerprint density at radius 3 is 2.82 bits per heavy atom. The summed E-state index contributed by atoms with van der Waals surface area (Å²) in [5, 5.41) is 9.83. The molecular formula is C10H17N5O2. The lowest BCUT2D eigenvalue weighted by Gasteiger charge is -2.34. The number of methoxy groups -OCH3 is 1. The van der Waals surface area contributed by atoms with Crippen molar-refractivity contribution in [3.63, 3.8) is 0 Å². The van der Waals surface area contributed by atoms with Gasteiger partial charge in [0, 0.05) is 13.1 Å². The normalized spacial score (nSPS) is 24.8. The van der Waals surface area contributed by atoms with Gasteiger partial charge in [-0.2, -0.15) is 15.0 Å². The molecule has 0 aromatic carbocycles. The van der Waals surface area contributed by atoms with Crippen molar-refractivity contribution in [2.24, 2.45) is 5.92 Å². The Balaban J connectivity index is 2.19. The molecule has 94 valence electrons. The molecule has 0 spiro atoms. The number of aromatic nitrogens is 3. The van der Waals surface area contributed by atoms with E-state index in [-0.39, 0.29) is 18.1 Å². The van der Waals surface area contributed by atoms with Gasteiger partial charge >= 0.3 is 6.01 Å². The van der Waals surface area contributed by atoms with Crippen molar-refractivity contribution >= 4 is 11.9 Å². The van der Waals surface area contributed by atoms with Crippen LogP contribution in [0.3, 0.4) is 0 Å². The Hall–Kier alpha value is -1.63. The third-order valence-electron chi connectivity index (χ3n) is 3.00. The lowest BCUT2D eigenvalue weighted by atomic mass is 9.96. The van der Waals surface area contributed by atoms with Crippen molar-refractivity contribution in [1.82, 2.24) is 15.0 Å². The molecule has 1 saturated heterocycles. The van der Waals surface area contributed by atoms with Crippen LogP contribution in [-0.2, 0) is 0 Å². The smallest absolute Gasteiger partial charge is 0.322 e. The number of piperidine rings is 1. The SMILES string of the molecule is COc1nc(N)nc(N2CCC(C)C(O)C2)n1. The Morgan fingerprint density at radius 2 is 2.18 bits per heavy atom. The predicted molar refractivity (Wildman–Crippen MR) is 62.8 cm³/mol. The van der Waals surface area contributed by atoms with Crippen molar-refractivity contribution in [3.05, 3.63) is 0 Å². The molecule has 2 rings (SSSR count). The lowest BCUT2D eigenvalue weighted by Crippen LogP contribution is -2.43. The Morgan fingerprint density at radius 1 is 1.41 bits per heavy atom. The average molecular weight is 239 g/mol. The summed E-state index contributed by atoms with van der Waals surface area (Å²) in [6.07, 6.45) is 0.530. The van der Waals surface area contributed by atoms with Gasteiger partial charge in [-0.1, -0.05) is 6.92 Å². The number of hydrogen-bond donors (Lipinski definition) is 2. The third kappa shape index (κ3) is 2.55. The van der Waals surface area contributed by atoms with E-state index < -0.39 is 0 Å². The van der Waals surface area contributed by atoms with E-state index in [2.05, 4.69) is 15.0 Å². The maximum atomic E-state index is 9.83. The second-order valence-corrected chi connectivity index (χ2v) is 4.26. The fourth-order valence-corrected chi connectivity index (χ4v) is 1.82. The second kappa shape index (κ2) is 4.70. The number of aliphatic hydroxyl groups excluding tert-OH is 1. The summed E-state index contributed by atoms with van der Waals surface area (Å²) < 4.78 is 4.94. The number of rotatable bonds is 2. The average Bonchev–Trinajstić information content (AvgIpc) is 2.32. The summed E-state index contributed by atoms with van der Waals surface area (Å²) in [5.74, 6) is 0.882. The number of hydrogen-bond acceptors (Lipinski definition) is 7. The zero-order valence-electron chi connectivity index (χ0n) is 10.00. The van der Waals surface area contributed by atoms with E-state index in [0.29, 0.717) is 18.4 Å². The van der Waals surface area contributed by atoms with Crippen molar-refractivity contribution in [2.45, 2.75) is 19.4 Å². The predicted octanol–water partition coefficient (Wildman–Crippen LogP) is -0.331. The topological polar surface area (TPSA) is 97.4 Å². The lowest BCUT2D eigenvalue weighted by molar-refractivity contribution is 0.102. The van der Waals surface area contributed by atoms with Gasteiger partial charge in [-0.3, -0.25) is 0 Å². The number of ether oxygens (including phenoxy) is 1. The van der Waals surface area contributed by atoms with Gasteiger partial charge in [0.05, 0.1) is 13.2 Å². The molecule has 3 N–H and O–H groups in total. The maximum absolute atomic E-state index is 9.83. The van der Waals surface area contributed by atoms with Crippen LogP contribution in [0, 0.1) is 5.92 Å². The fourth-order valence-electron chi connectivity index (χ4n) is 1.82. The minimum atomic E-state index is -0.368. The van der Waals surface area contributed by atoms with E-state index in [1.165, 1.54) is 7.11 Å². The summed E-state index contributed by atoms with van der Waals surface area (Å²) in [7, 11) is 1.48. The highest BCUT2D eigenvalue weighted by molar-refractivity contribution is 5.36. The van der Waals surface area contributed by atoms with E-state index in [4.69, 9.17) is 10.5 Å². The van der Waals surface area contributed by atoms with Crippen LogP contribution in [0.15, 0.2) is 0 Å². The Kier molecular flexibility index (Phi) is 3.28. The van der Waals surface area contributed by atoms with Crippen molar-refractivity contribution in [1.29, 1.82) is 0 Å². The van der Waals surface area contributed by atoms with Crippen LogP contribution in [-0.4, -0.2) is 46.4 Å². The minimum absolute atomic E-state index is 0.125. The molecule has 2 atom stereocenters. The number of nitrogens with zero attached hydrogens (tertiary/aromatic N) is 4. The van der Waals surface area contributed by atoms with Crippen molar-refractivity contribution in [2.75, 3.05) is 30.8 Å². The second-order valence-electron chi connectivity index (χ2n) is 4.26. The Bertz CT molecular complexity index is 400. The maximum Gasteiger partial charge on any atom is 0.322 e. The molecular weight excluding hydrogens is 222 g/mol. The van der Waals surface area contributed by atoms with E-state index >= 15 is 0 Å². The van der Waals surface area contributed by atoms with Gasteiger partial charge in [0.15, 0.2) is 0 Å². The van der Waals surface area contributed by atoms with Crippen LogP contribution in [0.25, 0.3) is 0 Å². The number of nitrogen functional groups attached to an aromatic ring is 1. The van der Waals surface area contributed by atoms with Gasteiger partial charge in [-0.15, -0.1) is 0 Å². The van der Waals surface area contributed by atoms with E-state index in [0.717, 1.165) is 13.0 Å². The number of β-amino-alcohol motifs (C(OH)–C–C–N with tert-alkyl or cyclic N) is 1. The van der Waals surface area contributed by atoms with Crippen molar-refractivity contribution in [3.8, 4) is 6.01 Å². The summed E-state index contributed by atoms with van der Waals surface area (Å²) in [4.78, 5) is 13.9. The van der Waals surface area contributed by atoms with Gasteiger partial charge in [-0.05, 0) is 12.3 Å². The molecule has 7 heteroatoms. The first kappa shape index (κ1) is 11.8. The molecule has 2 unspecified atom stereocenters. The Labute approximate surface area is 99.6 Å². The first-order valence-electron chi connectivity index (χ1n) is 5.58. The first-order chi connectivity index (χ1) is 8.10. The molecule has 1 aromatic heterocycles. The van der Waals surface area contributed by atoms with Crippen LogP contribution in [0.4, 0.5) is 11.9 Å². The highest BCUT2D eigenvalue weighted by atomic mass is 16.5. The molecule has 17 heavy (non-hydrogen) atoms. The summed E-state index contributed by atoms with van der Waals surface area (Å²) in [5.41, 5.74) is 5.57. The molecule has 2 heterocycles. The molecule has 1 fully saturated rings. The van der Waals surface area contributed by atoms with Crippen LogP contribution < -0.4 is 15.4 Å². The van der Waals surface area contributed by atoms with Gasteiger partial charge in [0.2, 0.25) is 11.9 Å². The van der Waals surface area contributed by atoms with Crippen LogP contribution in [0.5, 0.6) is 6.01 Å². The first-order valence-corrected chi connectivity index (χ1v) is 5.58. The highest BCUT2D eigenvalue weighted by Crippen LogP contribution is 2.21. The van der Waals surface area contributed by atoms with E-state index in [9.17, 15) is 5.11 Å². The highest BCUT2D eigenvalue weighted by Gasteiger charge is 2.26. The number of anilines is 2. The molecule has 0 amide bonds. The molecule has 1 aliphatic heterocycles. The van der Waals surface area contributed by atoms with Crippen LogP contribution >= 0.6 is 0 Å². The molecule has 1 aliphatic rings. The zero-order valence-corrected chi connectivity index (χ0v) is 10.00. The monoisotopic (exact) mass is 239 g/mol. The summed E-state index contributed by atoms with van der Waals surface area (Å²) in [6, 6.07) is 0.195. The van der Waals surface area contributed by atoms with Gasteiger partial charge in [0.25, 0.3) is 0 Å². The fraction of sp³-hybridized carbons (Fsp3) is 0.700. The number of nitrogens with two attached hydrogens (primary N) is 1. The van der Waals surface area contributed by atoms with Crippen LogP contribution in [0.1, 0.15) is 13.3 Å². The zero-order chi connectivity index (χ0) is 12.4. The molecule has 7 nitrogen and oxygen atoms in total. The summed E-state index contributed by atoms with van der Waals surface area (Å²) in [6.45, 7) is 3.34. The molecule has 1 aromatic rings. The van der Waals surface area contributed by atoms with E-state index in [1.54, 1.807) is 0 Å². The van der Waals surface area contributed by atoms with Gasteiger partial charge < -0.3 is 20.5 Å². The standard InChI is InChI=1S/C10H17N5O2/c1-6-3-4-15(5-7(6)16)9-12-8(11)13-10(14-9)17-2/h6-7,16H,3-5H2,1-2H3,(H2,11,12,13,14). The molecule has 0 bridgehead atoms. The van der Waals surface area contributed by atoms with Gasteiger partial charge in [0.1, 0.15) is 0 Å². The molecule has 0 saturated carbocycles. The number of aliphatic hydroxyl groups is 1. The third-order valence-corrected chi connectivity index (χ3v) is 3.00. The van der Waals surface area contributed by atoms with Crippen LogP contribution in [0.2, 0.25) is 0 Å².